The number of rotatable bonds is 3. The third-order valence-electron chi connectivity index (χ3n) is 12.6. The van der Waals surface area contributed by atoms with Gasteiger partial charge in [-0.1, -0.05) is 172 Å². The molecule has 61 heavy (non-hydrogen) atoms. The van der Waals surface area contributed by atoms with Crippen LogP contribution in [0.3, 0.4) is 0 Å². The van der Waals surface area contributed by atoms with Crippen molar-refractivity contribution in [1.29, 1.82) is 0 Å². The van der Waals surface area contributed by atoms with Gasteiger partial charge in [-0.2, -0.15) is 0 Å². The summed E-state index contributed by atoms with van der Waals surface area (Å²) < 4.78 is 2.49. The lowest BCUT2D eigenvalue weighted by atomic mass is 9.67. The molecule has 9 aromatic rings. The molecule has 1 spiro atoms. The molecule has 2 aliphatic heterocycles. The molecule has 1 aliphatic carbocycles. The van der Waals surface area contributed by atoms with Crippen molar-refractivity contribution in [3.63, 3.8) is 0 Å². The molecule has 0 atom stereocenters. The van der Waals surface area contributed by atoms with Gasteiger partial charge in [-0.3, -0.25) is 0 Å². The van der Waals surface area contributed by atoms with Gasteiger partial charge in [0.25, 0.3) is 0 Å². The topological polar surface area (TPSA) is 8.17 Å². The largest absolute Gasteiger partial charge is 0.311 e. The van der Waals surface area contributed by atoms with Gasteiger partial charge in [0.1, 0.15) is 0 Å². The summed E-state index contributed by atoms with van der Waals surface area (Å²) in [5.74, 6) is 0. The summed E-state index contributed by atoms with van der Waals surface area (Å²) in [6.07, 6.45) is 7.56. The minimum Gasteiger partial charge on any atom is -0.311 e. The molecule has 2 nitrogen and oxygen atoms in total. The summed E-state index contributed by atoms with van der Waals surface area (Å²) in [6.45, 7) is 8.58. The maximum Gasteiger partial charge on any atom is 0.0736 e. The van der Waals surface area contributed by atoms with Crippen LogP contribution in [0.1, 0.15) is 47.2 Å². The molecule has 0 saturated heterocycles. The van der Waals surface area contributed by atoms with E-state index >= 15 is 0 Å². The van der Waals surface area contributed by atoms with Crippen LogP contribution in [0.4, 0.5) is 11.4 Å². The Bertz CT molecular complexity index is 3210. The Balaban J connectivity index is 0.00000207. The number of hydrogen-bond acceptors (Lipinski definition) is 2. The Hall–Kier alpha value is -7.07. The molecule has 0 amide bonds. The van der Waals surface area contributed by atoms with E-state index in [1.165, 1.54) is 81.7 Å². The highest BCUT2D eigenvalue weighted by molar-refractivity contribution is 7.99. The smallest absolute Gasteiger partial charge is 0.0736 e. The second-order valence-corrected chi connectivity index (χ2v) is 16.8. The van der Waals surface area contributed by atoms with Crippen molar-refractivity contribution in [3.8, 4) is 16.8 Å². The fraction of sp³-hybridized carbons (Fsp3) is 0.0690. The van der Waals surface area contributed by atoms with Crippen LogP contribution in [-0.4, -0.2) is 4.57 Å². The average molecular weight is 801 g/mol. The molecule has 0 radical (unpaired) electrons. The molecule has 3 heteroatoms. The summed E-state index contributed by atoms with van der Waals surface area (Å²) in [5.41, 5.74) is 17.9. The normalized spacial score (nSPS) is 15.8. The maximum absolute atomic E-state index is 4.58. The first-order valence-corrected chi connectivity index (χ1v) is 22.2. The van der Waals surface area contributed by atoms with E-state index in [1.807, 2.05) is 25.6 Å². The lowest BCUT2D eigenvalue weighted by Crippen LogP contribution is -2.31. The number of aromatic nitrogens is 1. The van der Waals surface area contributed by atoms with Gasteiger partial charge in [-0.25, -0.2) is 0 Å². The minimum absolute atomic E-state index is 0.443. The molecular formula is C58H44N2S. The van der Waals surface area contributed by atoms with Crippen LogP contribution in [-0.2, 0) is 11.8 Å². The van der Waals surface area contributed by atoms with E-state index in [4.69, 9.17) is 0 Å². The van der Waals surface area contributed by atoms with Crippen molar-refractivity contribution < 1.29 is 0 Å². The number of anilines is 2. The molecule has 3 aliphatic rings. The number of hydrogen-bond donors (Lipinski definition) is 0. The molecule has 0 bridgehead atoms. The van der Waals surface area contributed by atoms with E-state index in [2.05, 4.69) is 222 Å². The molecule has 0 unspecified atom stereocenters. The summed E-state index contributed by atoms with van der Waals surface area (Å²) in [6, 6.07) is 69.4. The lowest BCUT2D eigenvalue weighted by Gasteiger charge is -2.39. The van der Waals surface area contributed by atoms with Crippen LogP contribution in [0.25, 0.3) is 44.2 Å². The molecule has 8 aromatic carbocycles. The molecule has 0 saturated carbocycles. The number of fused-ring (bicyclic) bond motifs is 13. The molecule has 292 valence electrons. The van der Waals surface area contributed by atoms with Crippen molar-refractivity contribution in [2.45, 2.75) is 35.5 Å². The summed E-state index contributed by atoms with van der Waals surface area (Å²) in [4.78, 5) is 4.90. The Morgan fingerprint density at radius 1 is 0.508 bits per heavy atom. The first-order chi connectivity index (χ1) is 30.2. The first-order valence-electron chi connectivity index (χ1n) is 21.3. The van der Waals surface area contributed by atoms with Gasteiger partial charge >= 0.3 is 0 Å². The second kappa shape index (κ2) is 14.9. The van der Waals surface area contributed by atoms with Crippen molar-refractivity contribution in [1.82, 2.24) is 4.57 Å². The third-order valence-corrected chi connectivity index (χ3v) is 13.8. The highest BCUT2D eigenvalue weighted by Gasteiger charge is 2.50. The molecule has 0 fully saturated rings. The fourth-order valence-electron chi connectivity index (χ4n) is 10.1. The summed E-state index contributed by atoms with van der Waals surface area (Å²) >= 11 is 1.89. The van der Waals surface area contributed by atoms with Crippen molar-refractivity contribution in [2.24, 2.45) is 0 Å². The summed E-state index contributed by atoms with van der Waals surface area (Å²) in [7, 11) is 0. The number of benzene rings is 8. The van der Waals surface area contributed by atoms with Crippen molar-refractivity contribution in [3.05, 3.63) is 252 Å². The van der Waals surface area contributed by atoms with Crippen LogP contribution < -0.4 is 4.90 Å². The Labute approximate surface area is 362 Å². The zero-order chi connectivity index (χ0) is 41.1. The van der Waals surface area contributed by atoms with E-state index in [1.54, 1.807) is 0 Å². The first kappa shape index (κ1) is 37.0. The highest BCUT2D eigenvalue weighted by atomic mass is 32.2. The number of allylic oxidation sites excluding steroid dienone is 4. The van der Waals surface area contributed by atoms with E-state index in [9.17, 15) is 0 Å². The third kappa shape index (κ3) is 5.65. The van der Waals surface area contributed by atoms with Gasteiger partial charge in [0.05, 0.1) is 16.4 Å². The quantitative estimate of drug-likeness (QED) is 0.176. The second-order valence-electron chi connectivity index (χ2n) is 15.7. The van der Waals surface area contributed by atoms with Crippen LogP contribution in [0.5, 0.6) is 0 Å². The number of nitrogens with zero attached hydrogens (tertiary/aromatic N) is 2. The SMILES string of the molecule is C=C1/C=C\C(c2cccc(-n3c4ccccc4c4cc5c(cc43)C3(c4ccccc4Sc4ccccc43)c3ccccc3-5)c2)=C/Cc2ccccc2N1c1ccccc1.CC. The van der Waals surface area contributed by atoms with E-state index in [-0.39, 0.29) is 0 Å². The zero-order valence-electron chi connectivity index (χ0n) is 34.3. The molecule has 0 N–H and O–H groups in total. The van der Waals surface area contributed by atoms with Crippen LogP contribution in [0.2, 0.25) is 0 Å². The predicted octanol–water partition coefficient (Wildman–Crippen LogP) is 15.5. The van der Waals surface area contributed by atoms with Gasteiger partial charge < -0.3 is 9.47 Å². The van der Waals surface area contributed by atoms with Crippen molar-refractivity contribution in [2.75, 3.05) is 4.90 Å². The standard InChI is InChI=1S/C56H38N2S.C2H6/c1-37-30-31-38(32-33-39-16-5-11-26-51(39)57(37)41-18-3-2-4-19-41)40-17-15-20-42(34-40)58-52-27-12-7-22-44(52)46-35-45-43-21-6-8-23-47(43)56(50(45)36-53(46)58)48-24-9-13-28-54(48)59-55-29-14-10-25-49(55)56;1-2/h2-32,34-36H,1,33H2;1-2H3/b31-30-,38-32+;. The van der Waals surface area contributed by atoms with Crippen molar-refractivity contribution >= 4 is 50.5 Å². The Kier molecular flexibility index (Phi) is 9.02. The Morgan fingerprint density at radius 3 is 1.97 bits per heavy atom. The lowest BCUT2D eigenvalue weighted by molar-refractivity contribution is 0.723. The van der Waals surface area contributed by atoms with Crippen LogP contribution in [0, 0.1) is 0 Å². The molecule has 3 heterocycles. The van der Waals surface area contributed by atoms with E-state index in [0.717, 1.165) is 29.2 Å². The van der Waals surface area contributed by atoms with Crippen LogP contribution >= 0.6 is 11.8 Å². The van der Waals surface area contributed by atoms with Gasteiger partial charge in [0, 0.05) is 43.3 Å². The molecule has 1 aromatic heterocycles. The Morgan fingerprint density at radius 2 is 1.16 bits per heavy atom. The number of para-hydroxylation sites is 3. The minimum atomic E-state index is -0.443. The van der Waals surface area contributed by atoms with Gasteiger partial charge in [0.15, 0.2) is 0 Å². The maximum atomic E-state index is 4.58. The van der Waals surface area contributed by atoms with Gasteiger partial charge in [0.2, 0.25) is 0 Å². The van der Waals surface area contributed by atoms with Gasteiger partial charge in [-0.05, 0) is 123 Å². The molecular weight excluding hydrogens is 757 g/mol. The average Bonchev–Trinajstić information content (AvgIpc) is 3.81. The highest BCUT2D eigenvalue weighted by Crippen LogP contribution is 2.62. The fourth-order valence-corrected chi connectivity index (χ4v) is 11.3. The van der Waals surface area contributed by atoms with E-state index in [0.29, 0.717) is 0 Å². The van der Waals surface area contributed by atoms with E-state index < -0.39 is 5.41 Å². The molecule has 12 rings (SSSR count). The van der Waals surface area contributed by atoms with Crippen LogP contribution in [0.15, 0.2) is 228 Å². The predicted molar refractivity (Wildman–Crippen MR) is 259 cm³/mol. The summed E-state index contributed by atoms with van der Waals surface area (Å²) in [5, 5.41) is 2.52. The monoisotopic (exact) mass is 800 g/mol. The van der Waals surface area contributed by atoms with Gasteiger partial charge in [-0.15, -0.1) is 0 Å². The zero-order valence-corrected chi connectivity index (χ0v) is 35.2.